The van der Waals surface area contributed by atoms with E-state index in [1.54, 1.807) is 4.90 Å². The number of nitrogens with zero attached hydrogens (tertiary/aromatic N) is 1. The van der Waals surface area contributed by atoms with E-state index in [-0.39, 0.29) is 24.9 Å². The first-order chi connectivity index (χ1) is 13.7. The SMILES string of the molecule is CCC1CCCCN1C(=O)C(C)OC(=O)CCNS(=O)(=O)c1ccc(F)c(F)c1. The molecule has 1 aromatic carbocycles. The number of ether oxygens (including phenoxy) is 1. The van der Waals surface area contributed by atoms with E-state index in [4.69, 9.17) is 4.74 Å². The third kappa shape index (κ3) is 6.20. The number of carbonyl (C=O) groups is 2. The van der Waals surface area contributed by atoms with Gasteiger partial charge in [-0.2, -0.15) is 0 Å². The maximum Gasteiger partial charge on any atom is 0.307 e. The van der Waals surface area contributed by atoms with Crippen LogP contribution in [-0.2, 0) is 24.3 Å². The summed E-state index contributed by atoms with van der Waals surface area (Å²) in [5.41, 5.74) is 0. The first kappa shape index (κ1) is 23.2. The lowest BCUT2D eigenvalue weighted by Crippen LogP contribution is -2.48. The zero-order chi connectivity index (χ0) is 21.6. The molecule has 0 aliphatic carbocycles. The highest BCUT2D eigenvalue weighted by Gasteiger charge is 2.30. The minimum absolute atomic E-state index is 0.139. The van der Waals surface area contributed by atoms with Gasteiger partial charge in [-0.1, -0.05) is 6.92 Å². The number of benzene rings is 1. The summed E-state index contributed by atoms with van der Waals surface area (Å²) in [4.78, 5) is 25.8. The number of piperidine rings is 1. The van der Waals surface area contributed by atoms with Gasteiger partial charge in [0.15, 0.2) is 17.7 Å². The highest BCUT2D eigenvalue weighted by molar-refractivity contribution is 7.89. The fourth-order valence-corrected chi connectivity index (χ4v) is 4.31. The van der Waals surface area contributed by atoms with E-state index >= 15 is 0 Å². The van der Waals surface area contributed by atoms with E-state index in [9.17, 15) is 26.8 Å². The van der Waals surface area contributed by atoms with Crippen molar-refractivity contribution in [2.45, 2.75) is 63.0 Å². The number of hydrogen-bond donors (Lipinski definition) is 1. The van der Waals surface area contributed by atoms with E-state index in [2.05, 4.69) is 4.72 Å². The Hall–Kier alpha value is -2.07. The summed E-state index contributed by atoms with van der Waals surface area (Å²) < 4.78 is 57.5. The summed E-state index contributed by atoms with van der Waals surface area (Å²) in [7, 11) is -4.11. The van der Waals surface area contributed by atoms with E-state index in [1.165, 1.54) is 6.92 Å². The van der Waals surface area contributed by atoms with Crippen LogP contribution < -0.4 is 4.72 Å². The molecule has 2 atom stereocenters. The summed E-state index contributed by atoms with van der Waals surface area (Å²) in [6, 6.07) is 2.32. The minimum Gasteiger partial charge on any atom is -0.452 e. The molecule has 1 aliphatic heterocycles. The second-order valence-corrected chi connectivity index (χ2v) is 8.71. The number of hydrogen-bond acceptors (Lipinski definition) is 5. The van der Waals surface area contributed by atoms with Gasteiger partial charge < -0.3 is 9.64 Å². The Morgan fingerprint density at radius 2 is 2.00 bits per heavy atom. The highest BCUT2D eigenvalue weighted by atomic mass is 32.2. The average molecular weight is 432 g/mol. The Kier molecular flexibility index (Phi) is 8.09. The van der Waals surface area contributed by atoms with Crippen molar-refractivity contribution < 1.29 is 31.5 Å². The average Bonchev–Trinajstić information content (AvgIpc) is 2.69. The molecule has 162 valence electrons. The van der Waals surface area contributed by atoms with Crippen molar-refractivity contribution in [3.8, 4) is 0 Å². The van der Waals surface area contributed by atoms with E-state index in [0.29, 0.717) is 18.7 Å². The maximum atomic E-state index is 13.2. The molecule has 0 aromatic heterocycles. The molecular formula is C19H26F2N2O5S. The topological polar surface area (TPSA) is 92.8 Å². The van der Waals surface area contributed by atoms with Gasteiger partial charge in [0.2, 0.25) is 10.0 Å². The van der Waals surface area contributed by atoms with Crippen molar-refractivity contribution in [3.63, 3.8) is 0 Å². The van der Waals surface area contributed by atoms with Gasteiger partial charge in [-0.3, -0.25) is 9.59 Å². The number of sulfonamides is 1. The normalized spacial score (nSPS) is 18.3. The third-order valence-electron chi connectivity index (χ3n) is 4.86. The lowest BCUT2D eigenvalue weighted by Gasteiger charge is -2.36. The van der Waals surface area contributed by atoms with Gasteiger partial charge >= 0.3 is 5.97 Å². The molecule has 1 heterocycles. The van der Waals surface area contributed by atoms with E-state index < -0.39 is 38.6 Å². The van der Waals surface area contributed by atoms with Crippen molar-refractivity contribution >= 4 is 21.9 Å². The van der Waals surface area contributed by atoms with Crippen LogP contribution in [0.5, 0.6) is 0 Å². The summed E-state index contributed by atoms with van der Waals surface area (Å²) in [6.45, 7) is 3.83. The van der Waals surface area contributed by atoms with E-state index in [0.717, 1.165) is 31.7 Å². The first-order valence-corrected chi connectivity index (χ1v) is 11.1. The minimum atomic E-state index is -4.11. The predicted octanol–water partition coefficient (Wildman–Crippen LogP) is 2.36. The number of amides is 1. The zero-order valence-corrected chi connectivity index (χ0v) is 17.3. The lowest BCUT2D eigenvalue weighted by molar-refractivity contribution is -0.160. The number of likely N-dealkylation sites (tertiary alicyclic amines) is 1. The molecule has 0 radical (unpaired) electrons. The highest BCUT2D eigenvalue weighted by Crippen LogP contribution is 2.21. The Morgan fingerprint density at radius 3 is 2.66 bits per heavy atom. The van der Waals surface area contributed by atoms with Crippen molar-refractivity contribution in [1.29, 1.82) is 0 Å². The van der Waals surface area contributed by atoms with Crippen LogP contribution in [0.25, 0.3) is 0 Å². The van der Waals surface area contributed by atoms with Crippen molar-refractivity contribution in [3.05, 3.63) is 29.8 Å². The fourth-order valence-electron chi connectivity index (χ4n) is 3.27. The van der Waals surface area contributed by atoms with Crippen LogP contribution in [0.4, 0.5) is 8.78 Å². The lowest BCUT2D eigenvalue weighted by atomic mass is 9.99. The molecule has 10 heteroatoms. The molecule has 2 unspecified atom stereocenters. The van der Waals surface area contributed by atoms with Gasteiger partial charge in [0.1, 0.15) is 0 Å². The standard InChI is InChI=1S/C19H26F2N2O5S/c1-3-14-6-4-5-11-23(14)19(25)13(2)28-18(24)9-10-22-29(26,27)15-7-8-16(20)17(21)12-15/h7-8,12-14,22H,3-6,9-11H2,1-2H3. The Morgan fingerprint density at radius 1 is 1.28 bits per heavy atom. The van der Waals surface area contributed by atoms with Crippen LogP contribution in [0.15, 0.2) is 23.1 Å². The van der Waals surface area contributed by atoms with Gasteiger partial charge in [0, 0.05) is 19.1 Å². The van der Waals surface area contributed by atoms with Crippen LogP contribution >= 0.6 is 0 Å². The predicted molar refractivity (Wildman–Crippen MR) is 101 cm³/mol. The van der Waals surface area contributed by atoms with Crippen molar-refractivity contribution in [2.24, 2.45) is 0 Å². The van der Waals surface area contributed by atoms with Crippen molar-refractivity contribution in [2.75, 3.05) is 13.1 Å². The van der Waals surface area contributed by atoms with Gasteiger partial charge in [0.25, 0.3) is 5.91 Å². The smallest absolute Gasteiger partial charge is 0.307 e. The molecule has 0 bridgehead atoms. The molecule has 1 aromatic rings. The van der Waals surface area contributed by atoms with Gasteiger partial charge in [-0.15, -0.1) is 0 Å². The number of esters is 1. The molecule has 1 fully saturated rings. The monoisotopic (exact) mass is 432 g/mol. The zero-order valence-electron chi connectivity index (χ0n) is 16.5. The van der Waals surface area contributed by atoms with Crippen LogP contribution in [0.3, 0.4) is 0 Å². The van der Waals surface area contributed by atoms with E-state index in [1.807, 2.05) is 6.92 Å². The van der Waals surface area contributed by atoms with Crippen LogP contribution in [0.1, 0.15) is 46.0 Å². The Labute approximate surface area is 169 Å². The molecule has 0 saturated carbocycles. The number of rotatable bonds is 8. The molecule has 29 heavy (non-hydrogen) atoms. The van der Waals surface area contributed by atoms with Gasteiger partial charge in [-0.05, 0) is 50.8 Å². The quantitative estimate of drug-likeness (QED) is 0.637. The summed E-state index contributed by atoms with van der Waals surface area (Å²) in [5, 5.41) is 0. The molecule has 0 spiro atoms. The number of halogens is 2. The first-order valence-electron chi connectivity index (χ1n) is 9.60. The Bertz CT molecular complexity index is 847. The second-order valence-electron chi connectivity index (χ2n) is 6.95. The molecule has 1 amide bonds. The van der Waals surface area contributed by atoms with Gasteiger partial charge in [0.05, 0.1) is 11.3 Å². The fraction of sp³-hybridized carbons (Fsp3) is 0.579. The Balaban J connectivity index is 1.84. The summed E-state index contributed by atoms with van der Waals surface area (Å²) in [6.07, 6.45) is 2.46. The van der Waals surface area contributed by atoms with Crippen molar-refractivity contribution in [1.82, 2.24) is 9.62 Å². The van der Waals surface area contributed by atoms with Crippen LogP contribution in [0.2, 0.25) is 0 Å². The second kappa shape index (κ2) is 10.1. The summed E-state index contributed by atoms with van der Waals surface area (Å²) >= 11 is 0. The van der Waals surface area contributed by atoms with Crippen LogP contribution in [-0.4, -0.2) is 50.4 Å². The molecule has 1 saturated heterocycles. The molecule has 1 aliphatic rings. The third-order valence-corrected chi connectivity index (χ3v) is 6.32. The van der Waals surface area contributed by atoms with Crippen LogP contribution in [0, 0.1) is 11.6 Å². The maximum absolute atomic E-state index is 13.2. The largest absolute Gasteiger partial charge is 0.452 e. The number of carbonyl (C=O) groups excluding carboxylic acids is 2. The number of nitrogens with one attached hydrogen (secondary N) is 1. The molecular weight excluding hydrogens is 406 g/mol. The summed E-state index contributed by atoms with van der Waals surface area (Å²) in [5.74, 6) is -3.44. The van der Waals surface area contributed by atoms with Gasteiger partial charge in [-0.25, -0.2) is 21.9 Å². The molecule has 1 N–H and O–H groups in total. The molecule has 7 nitrogen and oxygen atoms in total. The molecule has 2 rings (SSSR count).